The van der Waals surface area contributed by atoms with Crippen LogP contribution in [0.2, 0.25) is 5.02 Å². The highest BCUT2D eigenvalue weighted by Crippen LogP contribution is 2.26. The normalized spacial score (nSPS) is 20.6. The molecule has 0 spiro atoms. The third kappa shape index (κ3) is 4.73. The fraction of sp³-hybridized carbons (Fsp3) is 0.435. The first kappa shape index (κ1) is 22.1. The van der Waals surface area contributed by atoms with Gasteiger partial charge in [-0.15, -0.1) is 0 Å². The van der Waals surface area contributed by atoms with E-state index in [0.717, 1.165) is 38.0 Å². The Hall–Kier alpha value is -2.09. The molecule has 1 atom stereocenters. The van der Waals surface area contributed by atoms with E-state index in [1.54, 1.807) is 28.6 Å². The number of amides is 1. The van der Waals surface area contributed by atoms with Crippen LogP contribution >= 0.6 is 11.6 Å². The molecule has 0 aliphatic carbocycles. The number of rotatable bonds is 4. The van der Waals surface area contributed by atoms with Crippen molar-refractivity contribution in [3.63, 3.8) is 0 Å². The Labute approximate surface area is 189 Å². The van der Waals surface area contributed by atoms with Crippen molar-refractivity contribution in [3.8, 4) is 0 Å². The summed E-state index contributed by atoms with van der Waals surface area (Å²) in [6.07, 6.45) is 2.84. The highest BCUT2D eigenvalue weighted by atomic mass is 35.5. The van der Waals surface area contributed by atoms with Gasteiger partial charge >= 0.3 is 0 Å². The monoisotopic (exact) mass is 461 g/mol. The maximum absolute atomic E-state index is 13.0. The summed E-state index contributed by atoms with van der Waals surface area (Å²) in [7, 11) is -3.53. The van der Waals surface area contributed by atoms with E-state index in [4.69, 9.17) is 11.6 Å². The molecule has 2 saturated heterocycles. The summed E-state index contributed by atoms with van der Waals surface area (Å²) < 4.78 is 27.6. The van der Waals surface area contributed by atoms with Crippen molar-refractivity contribution >= 4 is 33.2 Å². The van der Waals surface area contributed by atoms with Gasteiger partial charge in [-0.25, -0.2) is 8.42 Å². The van der Waals surface area contributed by atoms with Gasteiger partial charge in [-0.1, -0.05) is 18.0 Å². The number of benzene rings is 2. The van der Waals surface area contributed by atoms with Crippen molar-refractivity contribution in [2.75, 3.05) is 37.6 Å². The second-order valence-corrected chi connectivity index (χ2v) is 10.6. The number of hydrogen-bond donors (Lipinski definition) is 0. The third-order valence-electron chi connectivity index (χ3n) is 6.21. The van der Waals surface area contributed by atoms with E-state index in [-0.39, 0.29) is 16.8 Å². The van der Waals surface area contributed by atoms with Gasteiger partial charge in [0.2, 0.25) is 10.0 Å². The van der Waals surface area contributed by atoms with Crippen molar-refractivity contribution in [2.45, 2.75) is 37.1 Å². The topological polar surface area (TPSA) is 60.9 Å². The number of anilines is 1. The summed E-state index contributed by atoms with van der Waals surface area (Å²) in [4.78, 5) is 17.2. The Balaban J connectivity index is 1.40. The Bertz CT molecular complexity index is 1020. The minimum absolute atomic E-state index is 0.0111. The number of carbonyl (C=O) groups excluding carboxylic acids is 1. The van der Waals surface area contributed by atoms with Crippen LogP contribution in [0, 0.1) is 0 Å². The SMILES string of the molecule is CC1CCCCN1S(=O)(=O)c1ccc(C(=O)N2CCN(c3ccc(Cl)cc3)CC2)cc1. The number of hydrogen-bond acceptors (Lipinski definition) is 4. The molecular formula is C23H28ClN3O3S. The Morgan fingerprint density at radius 3 is 2.16 bits per heavy atom. The molecule has 6 nitrogen and oxygen atoms in total. The van der Waals surface area contributed by atoms with Gasteiger partial charge in [-0.2, -0.15) is 4.31 Å². The van der Waals surface area contributed by atoms with Gasteiger partial charge in [-0.3, -0.25) is 4.79 Å². The number of nitrogens with zero attached hydrogens (tertiary/aromatic N) is 3. The van der Waals surface area contributed by atoms with Gasteiger partial charge in [0.25, 0.3) is 5.91 Å². The summed E-state index contributed by atoms with van der Waals surface area (Å²) in [6.45, 7) is 5.24. The molecule has 0 saturated carbocycles. The van der Waals surface area contributed by atoms with Crippen LogP contribution in [0.1, 0.15) is 36.5 Å². The molecule has 2 aromatic carbocycles. The Morgan fingerprint density at radius 2 is 1.55 bits per heavy atom. The van der Waals surface area contributed by atoms with Gasteiger partial charge < -0.3 is 9.80 Å². The predicted octanol–water partition coefficient (Wildman–Crippen LogP) is 3.87. The minimum atomic E-state index is -3.53. The first-order valence-electron chi connectivity index (χ1n) is 10.8. The summed E-state index contributed by atoms with van der Waals surface area (Å²) >= 11 is 5.96. The molecule has 2 fully saturated rings. The van der Waals surface area contributed by atoms with Gasteiger partial charge in [0.1, 0.15) is 0 Å². The van der Waals surface area contributed by atoms with Crippen LogP contribution in [0.25, 0.3) is 0 Å². The van der Waals surface area contributed by atoms with Crippen molar-refractivity contribution in [3.05, 3.63) is 59.1 Å². The second kappa shape index (κ2) is 9.18. The lowest BCUT2D eigenvalue weighted by molar-refractivity contribution is 0.0746. The number of piperidine rings is 1. The maximum atomic E-state index is 13.0. The largest absolute Gasteiger partial charge is 0.368 e. The van der Waals surface area contributed by atoms with E-state index in [9.17, 15) is 13.2 Å². The first-order chi connectivity index (χ1) is 14.9. The second-order valence-electron chi connectivity index (χ2n) is 8.24. The average Bonchev–Trinajstić information content (AvgIpc) is 2.79. The number of sulfonamides is 1. The smallest absolute Gasteiger partial charge is 0.253 e. The van der Waals surface area contributed by atoms with Gasteiger partial charge in [0.05, 0.1) is 4.90 Å². The minimum Gasteiger partial charge on any atom is -0.368 e. The molecule has 8 heteroatoms. The highest BCUT2D eigenvalue weighted by molar-refractivity contribution is 7.89. The summed E-state index contributed by atoms with van der Waals surface area (Å²) in [5.41, 5.74) is 1.61. The highest BCUT2D eigenvalue weighted by Gasteiger charge is 2.31. The molecule has 2 aromatic rings. The van der Waals surface area contributed by atoms with E-state index in [1.165, 1.54) is 0 Å². The number of piperazine rings is 1. The lowest BCUT2D eigenvalue weighted by atomic mass is 10.1. The zero-order valence-electron chi connectivity index (χ0n) is 17.7. The zero-order valence-corrected chi connectivity index (χ0v) is 19.3. The van der Waals surface area contributed by atoms with E-state index >= 15 is 0 Å². The van der Waals surface area contributed by atoms with Crippen LogP contribution in [0.15, 0.2) is 53.4 Å². The number of halogens is 1. The molecule has 0 N–H and O–H groups in total. The van der Waals surface area contributed by atoms with E-state index in [2.05, 4.69) is 4.90 Å². The van der Waals surface area contributed by atoms with Crippen LogP contribution in [0.3, 0.4) is 0 Å². The Kier molecular flexibility index (Phi) is 6.55. The molecule has 1 amide bonds. The van der Waals surface area contributed by atoms with Crippen LogP contribution in [-0.4, -0.2) is 62.3 Å². The summed E-state index contributed by atoms with van der Waals surface area (Å²) in [5, 5.41) is 0.706. The molecule has 2 aliphatic heterocycles. The molecule has 166 valence electrons. The predicted molar refractivity (Wildman–Crippen MR) is 123 cm³/mol. The quantitative estimate of drug-likeness (QED) is 0.693. The average molecular weight is 462 g/mol. The molecule has 1 unspecified atom stereocenters. The van der Waals surface area contributed by atoms with Crippen LogP contribution in [0.4, 0.5) is 5.69 Å². The molecule has 31 heavy (non-hydrogen) atoms. The number of carbonyl (C=O) groups is 1. The van der Waals surface area contributed by atoms with Crippen molar-refractivity contribution < 1.29 is 13.2 Å². The van der Waals surface area contributed by atoms with E-state index in [1.807, 2.05) is 36.1 Å². The lowest BCUT2D eigenvalue weighted by Gasteiger charge is -2.36. The fourth-order valence-corrected chi connectivity index (χ4v) is 6.16. The van der Waals surface area contributed by atoms with Crippen LogP contribution in [-0.2, 0) is 10.0 Å². The van der Waals surface area contributed by atoms with Crippen LogP contribution in [0.5, 0.6) is 0 Å². The van der Waals surface area contributed by atoms with Gasteiger partial charge in [-0.05, 0) is 68.3 Å². The van der Waals surface area contributed by atoms with Crippen molar-refractivity contribution in [1.29, 1.82) is 0 Å². The van der Waals surface area contributed by atoms with Gasteiger partial charge in [0, 0.05) is 55.0 Å². The van der Waals surface area contributed by atoms with Crippen LogP contribution < -0.4 is 4.90 Å². The maximum Gasteiger partial charge on any atom is 0.253 e. The molecule has 2 aliphatic rings. The van der Waals surface area contributed by atoms with E-state index in [0.29, 0.717) is 30.2 Å². The summed E-state index contributed by atoms with van der Waals surface area (Å²) in [5.74, 6) is -0.0638. The standard InChI is InChI=1S/C23H28ClN3O3S/c1-18-4-2-3-13-27(18)31(29,30)22-11-5-19(6-12-22)23(28)26-16-14-25(15-17-26)21-9-7-20(24)8-10-21/h5-12,18H,2-4,13-17H2,1H3. The molecule has 4 rings (SSSR count). The van der Waals surface area contributed by atoms with Gasteiger partial charge in [0.15, 0.2) is 0 Å². The van der Waals surface area contributed by atoms with Crippen molar-refractivity contribution in [1.82, 2.24) is 9.21 Å². The van der Waals surface area contributed by atoms with Crippen molar-refractivity contribution in [2.24, 2.45) is 0 Å². The molecule has 2 heterocycles. The molecule has 0 bridgehead atoms. The molecular weight excluding hydrogens is 434 g/mol. The molecule has 0 radical (unpaired) electrons. The fourth-order valence-electron chi connectivity index (χ4n) is 4.34. The zero-order chi connectivity index (χ0) is 22.0. The Morgan fingerprint density at radius 1 is 0.903 bits per heavy atom. The van der Waals surface area contributed by atoms with E-state index < -0.39 is 10.0 Å². The molecule has 0 aromatic heterocycles. The first-order valence-corrected chi connectivity index (χ1v) is 12.6. The third-order valence-corrected chi connectivity index (χ3v) is 8.49. The summed E-state index contributed by atoms with van der Waals surface area (Å²) in [6, 6.07) is 14.1. The lowest BCUT2D eigenvalue weighted by Crippen LogP contribution is -2.48.